The van der Waals surface area contributed by atoms with E-state index in [1.807, 2.05) is 0 Å². The van der Waals surface area contributed by atoms with Crippen LogP contribution in [0.1, 0.15) is 91.9 Å². The molecule has 4 aliphatic carbocycles. The standard InChI is InChI=1S/C26H46O3/c1-5-18-22-15-17(28)10-12-26(22,4)21-11-13-25(3)19(16(2)7-6-14-27)8-9-20(25)23(21)24(18)29/h16-24,27-29H,5-15H2,1-4H3/t16-,17-,18-,19-,20?,21?,22+,23?,24?,25-,26-/m1/s1. The maximum absolute atomic E-state index is 11.7. The zero-order valence-corrected chi connectivity index (χ0v) is 19.3. The Kier molecular flexibility index (Phi) is 6.17. The molecule has 0 aromatic heterocycles. The minimum Gasteiger partial charge on any atom is -0.396 e. The maximum atomic E-state index is 11.7. The monoisotopic (exact) mass is 406 g/mol. The highest BCUT2D eigenvalue weighted by atomic mass is 16.3. The second-order valence-corrected chi connectivity index (χ2v) is 12.0. The third-order valence-electron chi connectivity index (χ3n) is 11.0. The number of fused-ring (bicyclic) bond motifs is 5. The molecule has 4 saturated carbocycles. The zero-order valence-electron chi connectivity index (χ0n) is 19.3. The minimum absolute atomic E-state index is 0.164. The van der Waals surface area contributed by atoms with E-state index in [-0.39, 0.29) is 12.2 Å². The first-order valence-electron chi connectivity index (χ1n) is 12.7. The van der Waals surface area contributed by atoms with Crippen molar-refractivity contribution in [2.24, 2.45) is 52.3 Å². The summed E-state index contributed by atoms with van der Waals surface area (Å²) in [5.74, 6) is 3.97. The van der Waals surface area contributed by atoms with Gasteiger partial charge in [-0.3, -0.25) is 0 Å². The first kappa shape index (κ1) is 22.1. The molecule has 0 aliphatic heterocycles. The molecule has 11 atom stereocenters. The van der Waals surface area contributed by atoms with E-state index in [4.69, 9.17) is 0 Å². The van der Waals surface area contributed by atoms with Crippen LogP contribution in [0.15, 0.2) is 0 Å². The summed E-state index contributed by atoms with van der Waals surface area (Å²) in [4.78, 5) is 0. The average molecular weight is 407 g/mol. The molecule has 4 fully saturated rings. The Morgan fingerprint density at radius 1 is 0.931 bits per heavy atom. The highest BCUT2D eigenvalue weighted by Gasteiger charge is 2.64. The molecule has 4 rings (SSSR count). The molecule has 168 valence electrons. The molecule has 29 heavy (non-hydrogen) atoms. The predicted molar refractivity (Wildman–Crippen MR) is 117 cm³/mol. The number of rotatable bonds is 5. The van der Waals surface area contributed by atoms with Crippen LogP contribution in [0.25, 0.3) is 0 Å². The van der Waals surface area contributed by atoms with Crippen molar-refractivity contribution >= 4 is 0 Å². The van der Waals surface area contributed by atoms with Gasteiger partial charge in [-0.2, -0.15) is 0 Å². The van der Waals surface area contributed by atoms with Crippen LogP contribution in [-0.2, 0) is 0 Å². The average Bonchev–Trinajstić information content (AvgIpc) is 3.05. The molecule has 3 heteroatoms. The van der Waals surface area contributed by atoms with E-state index in [1.165, 1.54) is 25.7 Å². The highest BCUT2D eigenvalue weighted by molar-refractivity contribution is 5.13. The lowest BCUT2D eigenvalue weighted by atomic mass is 9.41. The van der Waals surface area contributed by atoms with Gasteiger partial charge in [0.05, 0.1) is 12.2 Å². The van der Waals surface area contributed by atoms with Gasteiger partial charge in [-0.05, 0) is 110 Å². The maximum Gasteiger partial charge on any atom is 0.0605 e. The summed E-state index contributed by atoms with van der Waals surface area (Å²) in [6.07, 6.45) is 10.9. The molecule has 0 aromatic rings. The third-order valence-corrected chi connectivity index (χ3v) is 11.0. The third kappa shape index (κ3) is 3.33. The SMILES string of the molecule is CC[C@H]1C(O)C2C3CC[C@H]([C@H](C)CCCO)[C@@]3(C)CCC2[C@@]2(C)CC[C@@H](O)C[C@@H]12. The second-order valence-electron chi connectivity index (χ2n) is 12.0. The summed E-state index contributed by atoms with van der Waals surface area (Å²) in [7, 11) is 0. The van der Waals surface area contributed by atoms with E-state index >= 15 is 0 Å². The predicted octanol–water partition coefficient (Wildman–Crippen LogP) is 5.02. The number of aliphatic hydroxyl groups is 3. The Hall–Kier alpha value is -0.120. The fourth-order valence-electron chi connectivity index (χ4n) is 9.55. The van der Waals surface area contributed by atoms with Crippen molar-refractivity contribution in [3.05, 3.63) is 0 Å². The van der Waals surface area contributed by atoms with E-state index in [2.05, 4.69) is 27.7 Å². The van der Waals surface area contributed by atoms with Gasteiger partial charge in [-0.15, -0.1) is 0 Å². The normalized spacial score (nSPS) is 53.1. The molecular formula is C26H46O3. The summed E-state index contributed by atoms with van der Waals surface area (Å²) >= 11 is 0. The molecule has 3 nitrogen and oxygen atoms in total. The summed E-state index contributed by atoms with van der Waals surface area (Å²) in [5, 5.41) is 31.4. The number of hydrogen-bond acceptors (Lipinski definition) is 3. The molecule has 0 aromatic carbocycles. The first-order valence-corrected chi connectivity index (χ1v) is 12.7. The van der Waals surface area contributed by atoms with Gasteiger partial charge in [0.25, 0.3) is 0 Å². The van der Waals surface area contributed by atoms with E-state index in [0.717, 1.165) is 44.4 Å². The number of hydrogen-bond donors (Lipinski definition) is 3. The van der Waals surface area contributed by atoms with Crippen LogP contribution in [-0.4, -0.2) is 34.1 Å². The van der Waals surface area contributed by atoms with Gasteiger partial charge in [0.1, 0.15) is 0 Å². The summed E-state index contributed by atoms with van der Waals surface area (Å²) in [5.41, 5.74) is 0.651. The topological polar surface area (TPSA) is 60.7 Å². The Morgan fingerprint density at radius 3 is 2.31 bits per heavy atom. The Balaban J connectivity index is 1.63. The molecule has 3 N–H and O–H groups in total. The number of aliphatic hydroxyl groups excluding tert-OH is 3. The van der Waals surface area contributed by atoms with Crippen LogP contribution in [0, 0.1) is 52.3 Å². The van der Waals surface area contributed by atoms with E-state index in [9.17, 15) is 15.3 Å². The van der Waals surface area contributed by atoms with E-state index in [1.54, 1.807) is 0 Å². The van der Waals surface area contributed by atoms with Crippen molar-refractivity contribution in [1.82, 2.24) is 0 Å². The smallest absolute Gasteiger partial charge is 0.0605 e. The summed E-state index contributed by atoms with van der Waals surface area (Å²) < 4.78 is 0. The van der Waals surface area contributed by atoms with Gasteiger partial charge in [0, 0.05) is 6.61 Å². The van der Waals surface area contributed by atoms with Gasteiger partial charge in [-0.25, -0.2) is 0 Å². The minimum atomic E-state index is -0.190. The highest BCUT2D eigenvalue weighted by Crippen LogP contribution is 2.69. The van der Waals surface area contributed by atoms with Crippen LogP contribution in [0.4, 0.5) is 0 Å². The van der Waals surface area contributed by atoms with Crippen LogP contribution in [0.3, 0.4) is 0 Å². The van der Waals surface area contributed by atoms with Crippen molar-refractivity contribution in [3.63, 3.8) is 0 Å². The van der Waals surface area contributed by atoms with Crippen molar-refractivity contribution in [2.75, 3.05) is 6.61 Å². The molecular weight excluding hydrogens is 360 g/mol. The largest absolute Gasteiger partial charge is 0.396 e. The summed E-state index contributed by atoms with van der Waals surface area (Å²) in [6.45, 7) is 10.0. The fourth-order valence-corrected chi connectivity index (χ4v) is 9.55. The molecule has 0 bridgehead atoms. The zero-order chi connectivity index (χ0) is 21.0. The van der Waals surface area contributed by atoms with Gasteiger partial charge in [0.15, 0.2) is 0 Å². The molecule has 0 saturated heterocycles. The van der Waals surface area contributed by atoms with Gasteiger partial charge < -0.3 is 15.3 Å². The molecule has 0 radical (unpaired) electrons. The van der Waals surface area contributed by atoms with Crippen molar-refractivity contribution < 1.29 is 15.3 Å². The molecule has 4 aliphatic rings. The molecule has 0 spiro atoms. The van der Waals surface area contributed by atoms with Crippen LogP contribution in [0.5, 0.6) is 0 Å². The van der Waals surface area contributed by atoms with Gasteiger partial charge in [-0.1, -0.05) is 34.1 Å². The molecule has 0 heterocycles. The lowest BCUT2D eigenvalue weighted by molar-refractivity contribution is -0.203. The second kappa shape index (κ2) is 8.10. The van der Waals surface area contributed by atoms with E-state index in [0.29, 0.717) is 52.9 Å². The van der Waals surface area contributed by atoms with E-state index < -0.39 is 0 Å². The fraction of sp³-hybridized carbons (Fsp3) is 1.00. The lowest BCUT2D eigenvalue weighted by Gasteiger charge is -2.64. The lowest BCUT2D eigenvalue weighted by Crippen LogP contribution is -2.62. The Labute approximate surface area is 178 Å². The first-order chi connectivity index (χ1) is 13.8. The van der Waals surface area contributed by atoms with Crippen LogP contribution < -0.4 is 0 Å². The molecule has 0 amide bonds. The van der Waals surface area contributed by atoms with Gasteiger partial charge >= 0.3 is 0 Å². The Morgan fingerprint density at radius 2 is 1.62 bits per heavy atom. The van der Waals surface area contributed by atoms with Crippen molar-refractivity contribution in [3.8, 4) is 0 Å². The Bertz CT molecular complexity index is 578. The van der Waals surface area contributed by atoms with Crippen molar-refractivity contribution in [1.29, 1.82) is 0 Å². The van der Waals surface area contributed by atoms with Crippen molar-refractivity contribution in [2.45, 2.75) is 104 Å². The summed E-state index contributed by atoms with van der Waals surface area (Å²) in [6, 6.07) is 0. The van der Waals surface area contributed by atoms with Gasteiger partial charge in [0.2, 0.25) is 0 Å². The van der Waals surface area contributed by atoms with Crippen LogP contribution >= 0.6 is 0 Å². The quantitative estimate of drug-likeness (QED) is 0.601. The molecule has 4 unspecified atom stereocenters. The van der Waals surface area contributed by atoms with Crippen LogP contribution in [0.2, 0.25) is 0 Å².